The molecule has 0 amide bonds. The lowest BCUT2D eigenvalue weighted by Crippen LogP contribution is -2.00. The summed E-state index contributed by atoms with van der Waals surface area (Å²) >= 11 is 7.44. The number of hydrogen-bond donors (Lipinski definition) is 0. The zero-order chi connectivity index (χ0) is 22.1. The first-order chi connectivity index (χ1) is 15.6. The summed E-state index contributed by atoms with van der Waals surface area (Å²) in [6.45, 7) is 0.625. The Morgan fingerprint density at radius 2 is 1.84 bits per heavy atom. The van der Waals surface area contributed by atoms with E-state index in [0.29, 0.717) is 27.9 Å². The zero-order valence-electron chi connectivity index (χ0n) is 17.3. The molecule has 2 aromatic heterocycles. The molecule has 0 fully saturated rings. The van der Waals surface area contributed by atoms with E-state index >= 15 is 0 Å². The molecular weight excluding hydrogens is 440 g/mol. The summed E-state index contributed by atoms with van der Waals surface area (Å²) < 4.78 is 7.50. The Labute approximate surface area is 194 Å². The highest BCUT2D eigenvalue weighted by Crippen LogP contribution is 2.32. The van der Waals surface area contributed by atoms with Crippen LogP contribution in [0.5, 0.6) is 5.75 Å². The van der Waals surface area contributed by atoms with Gasteiger partial charge in [-0.2, -0.15) is 0 Å². The summed E-state index contributed by atoms with van der Waals surface area (Å²) in [4.78, 5) is 18.9. The summed E-state index contributed by atoms with van der Waals surface area (Å²) in [5.41, 5.74) is 3.73. The lowest BCUT2D eigenvalue weighted by atomic mass is 10.1. The normalized spacial score (nSPS) is 11.1. The Balaban J connectivity index is 1.56. The van der Waals surface area contributed by atoms with Crippen LogP contribution in [0.15, 0.2) is 85.2 Å². The first-order valence-corrected chi connectivity index (χ1v) is 11.3. The molecule has 0 bridgehead atoms. The second kappa shape index (κ2) is 8.61. The number of benzene rings is 3. The maximum atomic E-state index is 13.5. The van der Waals surface area contributed by atoms with Gasteiger partial charge in [0.2, 0.25) is 5.78 Å². The van der Waals surface area contributed by atoms with Crippen molar-refractivity contribution < 1.29 is 9.53 Å². The maximum Gasteiger partial charge on any atom is 0.223 e. The Bertz CT molecular complexity index is 1410. The third-order valence-corrected chi connectivity index (χ3v) is 6.65. The van der Waals surface area contributed by atoms with Crippen LogP contribution in [0.3, 0.4) is 0 Å². The standard InChI is InChI=1S/C26H19ClN2O2S/c1-31-20-11-12-23-21(13-20)22(16-29(23)15-17-7-9-19(27)10-8-17)25(30)26-28-14-24(32-26)18-5-3-2-4-6-18/h2-14,16H,15H2,1H3. The van der Waals surface area contributed by atoms with Crippen LogP contribution in [0.25, 0.3) is 21.3 Å². The Kier molecular flexibility index (Phi) is 5.52. The SMILES string of the molecule is COc1ccc2c(c1)c(C(=O)c1ncc(-c3ccccc3)s1)cn2Cc1ccc(Cl)cc1. The average molecular weight is 459 g/mol. The molecule has 0 radical (unpaired) electrons. The fraction of sp³-hybridized carbons (Fsp3) is 0.0769. The Hall–Kier alpha value is -3.41. The van der Waals surface area contributed by atoms with Gasteiger partial charge in [0.05, 0.1) is 17.6 Å². The van der Waals surface area contributed by atoms with Gasteiger partial charge in [0.1, 0.15) is 5.75 Å². The van der Waals surface area contributed by atoms with Crippen molar-refractivity contribution in [3.63, 3.8) is 0 Å². The van der Waals surface area contributed by atoms with Crippen molar-refractivity contribution in [3.8, 4) is 16.2 Å². The number of carbonyl (C=O) groups is 1. The quantitative estimate of drug-likeness (QED) is 0.266. The summed E-state index contributed by atoms with van der Waals surface area (Å²) in [6, 6.07) is 23.5. The Morgan fingerprint density at radius 1 is 1.06 bits per heavy atom. The minimum absolute atomic E-state index is 0.0923. The van der Waals surface area contributed by atoms with Crippen molar-refractivity contribution in [1.82, 2.24) is 9.55 Å². The van der Waals surface area contributed by atoms with Gasteiger partial charge in [0.15, 0.2) is 5.01 Å². The van der Waals surface area contributed by atoms with Crippen molar-refractivity contribution in [2.75, 3.05) is 7.11 Å². The highest BCUT2D eigenvalue weighted by molar-refractivity contribution is 7.17. The summed E-state index contributed by atoms with van der Waals surface area (Å²) in [7, 11) is 1.63. The van der Waals surface area contributed by atoms with Gasteiger partial charge in [-0.05, 0) is 41.5 Å². The number of methoxy groups -OCH3 is 1. The number of aromatic nitrogens is 2. The number of ether oxygens (including phenoxy) is 1. The number of halogens is 1. The summed E-state index contributed by atoms with van der Waals surface area (Å²) in [5.74, 6) is 0.616. The maximum absolute atomic E-state index is 13.5. The molecule has 158 valence electrons. The van der Waals surface area contributed by atoms with E-state index in [1.54, 1.807) is 13.3 Å². The fourth-order valence-corrected chi connectivity index (χ4v) is 4.73. The topological polar surface area (TPSA) is 44.1 Å². The lowest BCUT2D eigenvalue weighted by Gasteiger charge is -2.06. The highest BCUT2D eigenvalue weighted by Gasteiger charge is 2.21. The van der Waals surface area contributed by atoms with Crippen LogP contribution in [-0.2, 0) is 6.54 Å². The zero-order valence-corrected chi connectivity index (χ0v) is 18.9. The van der Waals surface area contributed by atoms with E-state index < -0.39 is 0 Å². The van der Waals surface area contributed by atoms with E-state index in [1.807, 2.05) is 79.0 Å². The van der Waals surface area contributed by atoms with Crippen LogP contribution < -0.4 is 4.74 Å². The summed E-state index contributed by atoms with van der Waals surface area (Å²) in [6.07, 6.45) is 3.67. The summed E-state index contributed by atoms with van der Waals surface area (Å²) in [5, 5.41) is 2.02. The first kappa shape index (κ1) is 20.5. The first-order valence-electron chi connectivity index (χ1n) is 10.1. The van der Waals surface area contributed by atoms with Crippen LogP contribution in [0.2, 0.25) is 5.02 Å². The molecule has 0 spiro atoms. The predicted octanol–water partition coefficient (Wildman–Crippen LogP) is 6.71. The fourth-order valence-electron chi connectivity index (χ4n) is 3.73. The van der Waals surface area contributed by atoms with Crippen LogP contribution in [0, 0.1) is 0 Å². The van der Waals surface area contributed by atoms with Crippen LogP contribution in [0.4, 0.5) is 0 Å². The van der Waals surface area contributed by atoms with Gasteiger partial charge in [-0.1, -0.05) is 54.1 Å². The highest BCUT2D eigenvalue weighted by atomic mass is 35.5. The van der Waals surface area contributed by atoms with Gasteiger partial charge in [0, 0.05) is 34.9 Å². The molecule has 32 heavy (non-hydrogen) atoms. The van der Waals surface area contributed by atoms with Gasteiger partial charge in [-0.25, -0.2) is 4.98 Å². The molecule has 0 saturated heterocycles. The van der Waals surface area contributed by atoms with Crippen molar-refractivity contribution in [2.45, 2.75) is 6.54 Å². The van der Waals surface area contributed by atoms with E-state index in [0.717, 1.165) is 26.9 Å². The molecule has 5 rings (SSSR count). The number of ketones is 1. The second-order valence-electron chi connectivity index (χ2n) is 7.41. The smallest absolute Gasteiger partial charge is 0.223 e. The van der Waals surface area contributed by atoms with Crippen molar-refractivity contribution >= 4 is 39.6 Å². The van der Waals surface area contributed by atoms with Crippen molar-refractivity contribution in [1.29, 1.82) is 0 Å². The third-order valence-electron chi connectivity index (χ3n) is 5.36. The van der Waals surface area contributed by atoms with Gasteiger partial charge in [-0.15, -0.1) is 11.3 Å². The largest absolute Gasteiger partial charge is 0.497 e. The average Bonchev–Trinajstić information content (AvgIpc) is 3.46. The molecule has 0 aliphatic heterocycles. The van der Waals surface area contributed by atoms with Crippen LogP contribution >= 0.6 is 22.9 Å². The Morgan fingerprint density at radius 3 is 2.59 bits per heavy atom. The van der Waals surface area contributed by atoms with Crippen molar-refractivity contribution in [2.24, 2.45) is 0 Å². The number of thiazole rings is 1. The molecule has 4 nitrogen and oxygen atoms in total. The molecule has 3 aromatic carbocycles. The third kappa shape index (κ3) is 3.93. The lowest BCUT2D eigenvalue weighted by molar-refractivity contribution is 0.103. The molecule has 5 aromatic rings. The number of hydrogen-bond acceptors (Lipinski definition) is 4. The molecular formula is C26H19ClN2O2S. The molecule has 6 heteroatoms. The van der Waals surface area contributed by atoms with E-state index in [4.69, 9.17) is 16.3 Å². The van der Waals surface area contributed by atoms with E-state index in [9.17, 15) is 4.79 Å². The minimum atomic E-state index is -0.0923. The molecule has 0 unspecified atom stereocenters. The molecule has 0 atom stereocenters. The number of carbonyl (C=O) groups excluding carboxylic acids is 1. The molecule has 2 heterocycles. The molecule has 0 aliphatic carbocycles. The number of fused-ring (bicyclic) bond motifs is 1. The molecule has 0 saturated carbocycles. The minimum Gasteiger partial charge on any atom is -0.497 e. The predicted molar refractivity (Wildman–Crippen MR) is 130 cm³/mol. The van der Waals surface area contributed by atoms with E-state index in [-0.39, 0.29) is 5.78 Å². The van der Waals surface area contributed by atoms with Gasteiger partial charge >= 0.3 is 0 Å². The molecule has 0 N–H and O–H groups in total. The van der Waals surface area contributed by atoms with Gasteiger partial charge in [0.25, 0.3) is 0 Å². The van der Waals surface area contributed by atoms with E-state index in [2.05, 4.69) is 9.55 Å². The second-order valence-corrected chi connectivity index (χ2v) is 8.87. The monoisotopic (exact) mass is 458 g/mol. The van der Waals surface area contributed by atoms with Crippen LogP contribution in [0.1, 0.15) is 20.9 Å². The van der Waals surface area contributed by atoms with Crippen molar-refractivity contribution in [3.05, 3.63) is 106 Å². The molecule has 0 aliphatic rings. The van der Waals surface area contributed by atoms with E-state index in [1.165, 1.54) is 11.3 Å². The number of nitrogens with zero attached hydrogens (tertiary/aromatic N) is 2. The van der Waals surface area contributed by atoms with Crippen LogP contribution in [-0.4, -0.2) is 22.4 Å². The van der Waals surface area contributed by atoms with Gasteiger partial charge < -0.3 is 9.30 Å². The number of rotatable bonds is 6. The van der Waals surface area contributed by atoms with Gasteiger partial charge in [-0.3, -0.25) is 4.79 Å².